The third-order valence-corrected chi connectivity index (χ3v) is 3.60. The maximum atomic E-state index is 11.5. The van der Waals surface area contributed by atoms with Crippen LogP contribution >= 0.6 is 0 Å². The number of fused-ring (bicyclic) bond motifs is 1. The van der Waals surface area contributed by atoms with Crippen LogP contribution in [0.25, 0.3) is 10.9 Å². The first-order chi connectivity index (χ1) is 8.84. The Hall–Kier alpha value is -1.76. The fraction of sp³-hybridized carbons (Fsp3) is 0.417. The van der Waals surface area contributed by atoms with E-state index in [0.29, 0.717) is 16.8 Å². The first-order valence-corrected chi connectivity index (χ1v) is 7.63. The summed E-state index contributed by atoms with van der Waals surface area (Å²) in [4.78, 5) is 12.2. The lowest BCUT2D eigenvalue weighted by Gasteiger charge is -2.11. The minimum Gasteiger partial charge on any atom is -0.480 e. The van der Waals surface area contributed by atoms with Gasteiger partial charge in [0.25, 0.3) is 0 Å². The molecule has 0 spiro atoms. The Morgan fingerprint density at radius 3 is 2.42 bits per heavy atom. The highest BCUT2D eigenvalue weighted by Gasteiger charge is 2.17. The minimum absolute atomic E-state index is 0.170. The highest BCUT2D eigenvalue weighted by Crippen LogP contribution is 2.28. The number of hydrogen-bond acceptors (Lipinski definition) is 6. The summed E-state index contributed by atoms with van der Waals surface area (Å²) in [5.41, 5.74) is 1.43. The number of hydrogen-bond donors (Lipinski definition) is 0. The second-order valence-corrected chi connectivity index (χ2v) is 6.47. The van der Waals surface area contributed by atoms with Gasteiger partial charge in [0.05, 0.1) is 18.0 Å². The molecule has 0 aliphatic rings. The maximum Gasteiger partial charge on any atom is 0.247 e. The number of nitrogens with zero attached hydrogens (tertiary/aromatic N) is 3. The van der Waals surface area contributed by atoms with Crippen LogP contribution in [0.5, 0.6) is 5.88 Å². The Morgan fingerprint density at radius 2 is 1.89 bits per heavy atom. The molecule has 0 radical (unpaired) electrons. The van der Waals surface area contributed by atoms with Gasteiger partial charge in [-0.25, -0.2) is 23.4 Å². The molecule has 0 saturated heterocycles. The van der Waals surface area contributed by atoms with E-state index in [9.17, 15) is 8.42 Å². The van der Waals surface area contributed by atoms with E-state index in [1.807, 2.05) is 13.8 Å². The molecule has 0 amide bonds. The Morgan fingerprint density at radius 1 is 1.21 bits per heavy atom. The standard InChI is InChI=1S/C12H15N3O3S/c1-7(2)8-5-13-11(18-3)9-6-14-12(15-10(8)9)19(4,16)17/h5-7H,1-4H3. The topological polar surface area (TPSA) is 82.0 Å². The average molecular weight is 281 g/mol. The van der Waals surface area contributed by atoms with Crippen LogP contribution in [0.3, 0.4) is 0 Å². The van der Waals surface area contributed by atoms with Gasteiger partial charge in [0.15, 0.2) is 0 Å². The van der Waals surface area contributed by atoms with E-state index >= 15 is 0 Å². The minimum atomic E-state index is -3.44. The SMILES string of the molecule is COc1ncc(C(C)C)c2nc(S(C)(=O)=O)ncc12. The van der Waals surface area contributed by atoms with Gasteiger partial charge < -0.3 is 4.74 Å². The van der Waals surface area contributed by atoms with E-state index in [-0.39, 0.29) is 11.1 Å². The molecule has 19 heavy (non-hydrogen) atoms. The lowest BCUT2D eigenvalue weighted by Crippen LogP contribution is -2.06. The van der Waals surface area contributed by atoms with Crippen molar-refractivity contribution in [2.45, 2.75) is 24.9 Å². The Kier molecular flexibility index (Phi) is 3.40. The van der Waals surface area contributed by atoms with Gasteiger partial charge >= 0.3 is 0 Å². The van der Waals surface area contributed by atoms with Crippen LogP contribution in [0.2, 0.25) is 0 Å². The quantitative estimate of drug-likeness (QED) is 0.794. The van der Waals surface area contributed by atoms with Crippen LogP contribution in [0.4, 0.5) is 0 Å². The zero-order valence-corrected chi connectivity index (χ0v) is 12.0. The van der Waals surface area contributed by atoms with Gasteiger partial charge in [0.1, 0.15) is 0 Å². The predicted molar refractivity (Wildman–Crippen MR) is 71.1 cm³/mol. The number of methoxy groups -OCH3 is 1. The molecule has 2 aromatic rings. The van der Waals surface area contributed by atoms with Crippen molar-refractivity contribution < 1.29 is 13.2 Å². The molecule has 2 heterocycles. The van der Waals surface area contributed by atoms with Gasteiger partial charge in [0, 0.05) is 18.6 Å². The second-order valence-electron chi connectivity index (χ2n) is 4.56. The van der Waals surface area contributed by atoms with Gasteiger partial charge in [-0.15, -0.1) is 0 Å². The molecule has 0 aliphatic heterocycles. The van der Waals surface area contributed by atoms with E-state index in [4.69, 9.17) is 4.74 Å². The number of pyridine rings is 1. The zero-order chi connectivity index (χ0) is 14.2. The average Bonchev–Trinajstić information content (AvgIpc) is 2.35. The van der Waals surface area contributed by atoms with Crippen molar-refractivity contribution in [2.75, 3.05) is 13.4 Å². The molecule has 0 aromatic carbocycles. The highest BCUT2D eigenvalue weighted by molar-refractivity contribution is 7.90. The molecule has 0 N–H and O–H groups in total. The summed E-state index contributed by atoms with van der Waals surface area (Å²) in [5, 5.41) is 0.427. The molecule has 2 aromatic heterocycles. The number of ether oxygens (including phenoxy) is 1. The van der Waals surface area contributed by atoms with Crippen LogP contribution in [-0.4, -0.2) is 36.7 Å². The number of rotatable bonds is 3. The molecule has 7 heteroatoms. The highest BCUT2D eigenvalue weighted by atomic mass is 32.2. The summed E-state index contributed by atoms with van der Waals surface area (Å²) < 4.78 is 28.2. The summed E-state index contributed by atoms with van der Waals surface area (Å²) in [6.07, 6.45) is 4.18. The van der Waals surface area contributed by atoms with Crippen molar-refractivity contribution >= 4 is 20.7 Å². The van der Waals surface area contributed by atoms with Gasteiger partial charge in [-0.05, 0) is 11.5 Å². The molecule has 0 bridgehead atoms. The van der Waals surface area contributed by atoms with Gasteiger partial charge in [0.2, 0.25) is 20.9 Å². The molecular formula is C12H15N3O3S. The van der Waals surface area contributed by atoms with Crippen LogP contribution in [0.15, 0.2) is 17.6 Å². The molecule has 6 nitrogen and oxygen atoms in total. The normalized spacial score (nSPS) is 12.1. The summed E-state index contributed by atoms with van der Waals surface area (Å²) in [6, 6.07) is 0. The smallest absolute Gasteiger partial charge is 0.247 e. The van der Waals surface area contributed by atoms with E-state index in [0.717, 1.165) is 11.8 Å². The van der Waals surface area contributed by atoms with Crippen LogP contribution in [0.1, 0.15) is 25.3 Å². The number of aromatic nitrogens is 3. The number of sulfone groups is 1. The largest absolute Gasteiger partial charge is 0.480 e. The first-order valence-electron chi connectivity index (χ1n) is 5.74. The summed E-state index contributed by atoms with van der Waals surface area (Å²) >= 11 is 0. The van der Waals surface area contributed by atoms with Crippen molar-refractivity contribution in [3.8, 4) is 5.88 Å². The van der Waals surface area contributed by atoms with Crippen molar-refractivity contribution in [1.82, 2.24) is 15.0 Å². The van der Waals surface area contributed by atoms with Crippen LogP contribution in [0, 0.1) is 0 Å². The van der Waals surface area contributed by atoms with Gasteiger partial charge in [-0.3, -0.25) is 0 Å². The molecule has 0 aliphatic carbocycles. The monoisotopic (exact) mass is 281 g/mol. The van der Waals surface area contributed by atoms with Crippen LogP contribution in [-0.2, 0) is 9.84 Å². The molecule has 102 valence electrons. The van der Waals surface area contributed by atoms with E-state index in [1.165, 1.54) is 13.3 Å². The summed E-state index contributed by atoms with van der Waals surface area (Å²) in [5.74, 6) is 0.558. The Bertz CT molecular complexity index is 726. The fourth-order valence-corrected chi connectivity index (χ4v) is 2.27. The Balaban J connectivity index is 2.85. The lowest BCUT2D eigenvalue weighted by molar-refractivity contribution is 0.402. The molecular weight excluding hydrogens is 266 g/mol. The van der Waals surface area contributed by atoms with Crippen molar-refractivity contribution in [3.05, 3.63) is 18.0 Å². The lowest BCUT2D eigenvalue weighted by atomic mass is 10.0. The predicted octanol–water partition coefficient (Wildman–Crippen LogP) is 1.56. The Labute approximate surface area is 111 Å². The molecule has 0 unspecified atom stereocenters. The molecule has 0 fully saturated rings. The van der Waals surface area contributed by atoms with Gasteiger partial charge in [-0.1, -0.05) is 13.8 Å². The van der Waals surface area contributed by atoms with Gasteiger partial charge in [-0.2, -0.15) is 0 Å². The molecule has 0 atom stereocenters. The third-order valence-electron chi connectivity index (χ3n) is 2.74. The molecule has 2 rings (SSSR count). The van der Waals surface area contributed by atoms with Crippen molar-refractivity contribution in [1.29, 1.82) is 0 Å². The van der Waals surface area contributed by atoms with Crippen molar-refractivity contribution in [3.63, 3.8) is 0 Å². The summed E-state index contributed by atoms with van der Waals surface area (Å²) in [7, 11) is -1.94. The maximum absolute atomic E-state index is 11.5. The first kappa shape index (κ1) is 13.7. The second kappa shape index (κ2) is 4.73. The van der Waals surface area contributed by atoms with Crippen LogP contribution < -0.4 is 4.74 Å². The van der Waals surface area contributed by atoms with Crippen molar-refractivity contribution in [2.24, 2.45) is 0 Å². The molecule has 0 saturated carbocycles. The van der Waals surface area contributed by atoms with E-state index < -0.39 is 9.84 Å². The zero-order valence-electron chi connectivity index (χ0n) is 11.2. The van der Waals surface area contributed by atoms with E-state index in [1.54, 1.807) is 6.20 Å². The third kappa shape index (κ3) is 2.51. The summed E-state index contributed by atoms with van der Waals surface area (Å²) in [6.45, 7) is 3.98. The van der Waals surface area contributed by atoms with E-state index in [2.05, 4.69) is 15.0 Å². The fourth-order valence-electron chi connectivity index (χ4n) is 1.76.